The Kier molecular flexibility index (Phi) is 2.12. The van der Waals surface area contributed by atoms with E-state index in [2.05, 4.69) is 20.1 Å². The van der Waals surface area contributed by atoms with E-state index in [0.29, 0.717) is 22.7 Å². The summed E-state index contributed by atoms with van der Waals surface area (Å²) < 4.78 is 1.61. The predicted octanol–water partition coefficient (Wildman–Crippen LogP) is 0.683. The molecule has 0 amide bonds. The largest absolute Gasteiger partial charge is 0.382 e. The maximum absolute atomic E-state index is 5.86. The predicted molar refractivity (Wildman–Crippen MR) is 68.0 cm³/mol. The van der Waals surface area contributed by atoms with Gasteiger partial charge in [-0.25, -0.2) is 14.6 Å². The average Bonchev–Trinajstić information content (AvgIpc) is 2.72. The molecule has 3 heterocycles. The number of nitrogens with two attached hydrogens (primary N) is 2. The normalized spacial score (nSPS) is 10.9. The van der Waals surface area contributed by atoms with Crippen LogP contribution in [-0.4, -0.2) is 24.7 Å². The fourth-order valence-electron chi connectivity index (χ4n) is 1.80. The molecule has 7 heteroatoms. The van der Waals surface area contributed by atoms with E-state index < -0.39 is 0 Å². The van der Waals surface area contributed by atoms with Gasteiger partial charge in [0, 0.05) is 6.20 Å². The molecule has 4 N–H and O–H groups in total. The summed E-state index contributed by atoms with van der Waals surface area (Å²) >= 11 is 0. The summed E-state index contributed by atoms with van der Waals surface area (Å²) in [7, 11) is 0. The third-order valence-corrected chi connectivity index (χ3v) is 2.58. The number of hydrogen-bond donors (Lipinski definition) is 2. The van der Waals surface area contributed by atoms with Crippen LogP contribution >= 0.6 is 0 Å². The Morgan fingerprint density at radius 1 is 1.22 bits per heavy atom. The van der Waals surface area contributed by atoms with Gasteiger partial charge in [-0.3, -0.25) is 0 Å². The molecule has 0 aromatic carbocycles. The number of rotatable bonds is 1. The maximum Gasteiger partial charge on any atom is 0.222 e. The molecule has 0 radical (unpaired) electrons. The summed E-state index contributed by atoms with van der Waals surface area (Å²) in [5.41, 5.74) is 13.7. The van der Waals surface area contributed by atoms with Crippen molar-refractivity contribution in [1.82, 2.24) is 24.7 Å². The van der Waals surface area contributed by atoms with Crippen molar-refractivity contribution < 1.29 is 0 Å². The highest BCUT2D eigenvalue weighted by Gasteiger charge is 2.12. The van der Waals surface area contributed by atoms with Gasteiger partial charge in [-0.2, -0.15) is 10.1 Å². The molecule has 0 fully saturated rings. The third-order valence-electron chi connectivity index (χ3n) is 2.58. The van der Waals surface area contributed by atoms with Crippen LogP contribution in [0.5, 0.6) is 0 Å². The lowest BCUT2D eigenvalue weighted by Gasteiger charge is -2.04. The van der Waals surface area contributed by atoms with E-state index in [9.17, 15) is 0 Å². The van der Waals surface area contributed by atoms with Crippen molar-refractivity contribution in [3.05, 3.63) is 30.1 Å². The molecular weight excluding hydrogens is 230 g/mol. The van der Waals surface area contributed by atoms with Crippen LogP contribution in [-0.2, 0) is 0 Å². The van der Waals surface area contributed by atoms with Gasteiger partial charge in [-0.15, -0.1) is 0 Å². The summed E-state index contributed by atoms with van der Waals surface area (Å²) in [6.07, 6.45) is 3.31. The zero-order valence-electron chi connectivity index (χ0n) is 9.70. The Bertz CT molecular complexity index is 731. The van der Waals surface area contributed by atoms with Crippen molar-refractivity contribution in [2.45, 2.75) is 6.92 Å². The van der Waals surface area contributed by atoms with Crippen LogP contribution < -0.4 is 11.5 Å². The molecule has 0 unspecified atom stereocenters. The number of hydrogen-bond acceptors (Lipinski definition) is 6. The van der Waals surface area contributed by atoms with Crippen molar-refractivity contribution in [1.29, 1.82) is 0 Å². The first-order valence-corrected chi connectivity index (χ1v) is 5.35. The Morgan fingerprint density at radius 2 is 2.06 bits per heavy atom. The molecule has 0 atom stereocenters. The zero-order chi connectivity index (χ0) is 12.7. The van der Waals surface area contributed by atoms with Gasteiger partial charge in [-0.1, -0.05) is 0 Å². The molecule has 3 aromatic heterocycles. The van der Waals surface area contributed by atoms with Gasteiger partial charge < -0.3 is 11.5 Å². The fraction of sp³-hybridized carbons (Fsp3) is 0.0909. The van der Waals surface area contributed by atoms with Crippen LogP contribution in [0.1, 0.15) is 5.56 Å². The minimum Gasteiger partial charge on any atom is -0.382 e. The number of nitrogen functional groups attached to an aromatic ring is 2. The van der Waals surface area contributed by atoms with Crippen LogP contribution in [0.2, 0.25) is 0 Å². The third kappa shape index (κ3) is 1.53. The second-order valence-electron chi connectivity index (χ2n) is 3.95. The standard InChI is InChI=1S/C11H11N7/c1-6-2-3-14-8(4-6)18-9-7(5-15-18)16-11(13)17-10(9)12/h2-5H,1H3,(H4,12,13,16,17). The number of nitrogens with zero attached hydrogens (tertiary/aromatic N) is 5. The second kappa shape index (κ2) is 3.66. The monoisotopic (exact) mass is 241 g/mol. The van der Waals surface area contributed by atoms with Gasteiger partial charge in [-0.05, 0) is 24.6 Å². The van der Waals surface area contributed by atoms with Gasteiger partial charge in [0.2, 0.25) is 5.95 Å². The molecule has 3 aromatic rings. The van der Waals surface area contributed by atoms with E-state index in [0.717, 1.165) is 5.56 Å². The molecular formula is C11H11N7. The maximum atomic E-state index is 5.86. The molecule has 3 rings (SSSR count). The highest BCUT2D eigenvalue weighted by Crippen LogP contribution is 2.21. The Hall–Kier alpha value is -2.70. The van der Waals surface area contributed by atoms with Gasteiger partial charge in [0.25, 0.3) is 0 Å². The van der Waals surface area contributed by atoms with Crippen molar-refractivity contribution in [2.75, 3.05) is 11.5 Å². The topological polar surface area (TPSA) is 109 Å². The molecule has 0 spiro atoms. The zero-order valence-corrected chi connectivity index (χ0v) is 9.70. The molecule has 18 heavy (non-hydrogen) atoms. The molecule has 0 aliphatic rings. The van der Waals surface area contributed by atoms with E-state index in [4.69, 9.17) is 11.5 Å². The summed E-state index contributed by atoms with van der Waals surface area (Å²) in [4.78, 5) is 12.3. The van der Waals surface area contributed by atoms with Crippen molar-refractivity contribution in [2.24, 2.45) is 0 Å². The van der Waals surface area contributed by atoms with E-state index in [1.165, 1.54) is 0 Å². The van der Waals surface area contributed by atoms with Gasteiger partial charge in [0.15, 0.2) is 11.6 Å². The van der Waals surface area contributed by atoms with E-state index in [-0.39, 0.29) is 5.95 Å². The van der Waals surface area contributed by atoms with Crippen LogP contribution in [0, 0.1) is 6.92 Å². The summed E-state index contributed by atoms with van der Waals surface area (Å²) in [6, 6.07) is 3.81. The molecule has 90 valence electrons. The van der Waals surface area contributed by atoms with Crippen LogP contribution in [0.25, 0.3) is 16.9 Å². The quantitative estimate of drug-likeness (QED) is 0.648. The Balaban J connectivity index is 2.31. The lowest BCUT2D eigenvalue weighted by Crippen LogP contribution is -2.05. The van der Waals surface area contributed by atoms with E-state index in [1.807, 2.05) is 19.1 Å². The van der Waals surface area contributed by atoms with Gasteiger partial charge >= 0.3 is 0 Å². The van der Waals surface area contributed by atoms with Crippen molar-refractivity contribution >= 4 is 22.8 Å². The van der Waals surface area contributed by atoms with E-state index in [1.54, 1.807) is 17.1 Å². The number of aryl methyl sites for hydroxylation is 1. The van der Waals surface area contributed by atoms with Crippen LogP contribution in [0.15, 0.2) is 24.5 Å². The summed E-state index contributed by atoms with van der Waals surface area (Å²) in [6.45, 7) is 1.98. The lowest BCUT2D eigenvalue weighted by atomic mass is 10.3. The molecule has 0 saturated heterocycles. The average molecular weight is 241 g/mol. The molecule has 0 saturated carbocycles. The molecule has 7 nitrogen and oxygen atoms in total. The summed E-state index contributed by atoms with van der Waals surface area (Å²) in [5.74, 6) is 1.10. The first kappa shape index (κ1) is 10.5. The van der Waals surface area contributed by atoms with Gasteiger partial charge in [0.1, 0.15) is 11.0 Å². The summed E-state index contributed by atoms with van der Waals surface area (Å²) in [5, 5.41) is 4.22. The Labute approximate surface area is 102 Å². The van der Waals surface area contributed by atoms with E-state index >= 15 is 0 Å². The minimum atomic E-state index is 0.136. The molecule has 0 aliphatic carbocycles. The minimum absolute atomic E-state index is 0.136. The highest BCUT2D eigenvalue weighted by molar-refractivity contribution is 5.86. The SMILES string of the molecule is Cc1ccnc(-n2ncc3nc(N)nc(N)c32)c1. The highest BCUT2D eigenvalue weighted by atomic mass is 15.3. The number of aromatic nitrogens is 5. The number of pyridine rings is 1. The fourth-order valence-corrected chi connectivity index (χ4v) is 1.80. The first-order valence-electron chi connectivity index (χ1n) is 5.35. The van der Waals surface area contributed by atoms with Crippen molar-refractivity contribution in [3.63, 3.8) is 0 Å². The van der Waals surface area contributed by atoms with Crippen molar-refractivity contribution in [3.8, 4) is 5.82 Å². The molecule has 0 aliphatic heterocycles. The lowest BCUT2D eigenvalue weighted by molar-refractivity contribution is 0.872. The van der Waals surface area contributed by atoms with Gasteiger partial charge in [0.05, 0.1) is 6.20 Å². The smallest absolute Gasteiger partial charge is 0.222 e. The number of fused-ring (bicyclic) bond motifs is 1. The van der Waals surface area contributed by atoms with Crippen LogP contribution in [0.4, 0.5) is 11.8 Å². The number of anilines is 2. The molecule has 0 bridgehead atoms. The second-order valence-corrected chi connectivity index (χ2v) is 3.95. The van der Waals surface area contributed by atoms with Crippen LogP contribution in [0.3, 0.4) is 0 Å². The Morgan fingerprint density at radius 3 is 2.83 bits per heavy atom. The first-order chi connectivity index (χ1) is 8.65.